The fourth-order valence-electron chi connectivity index (χ4n) is 8.36. The van der Waals surface area contributed by atoms with Crippen LogP contribution in [0.1, 0.15) is 72.6 Å². The van der Waals surface area contributed by atoms with Gasteiger partial charge in [-0.3, -0.25) is 19.2 Å². The highest BCUT2D eigenvalue weighted by molar-refractivity contribution is 7.90. The molecule has 2 aromatic heterocycles. The standard InChI is InChI=1S/C43H54N8O8S2/c1-25(2)46-42-48-35(24-60-42)34-21-37(30-15-14-28(58-5)19-33(30)47-34)59-29-20-36(51(23-29)39(53)16-18-44-27(4)52)40(54)49-43-22-31(43)26(3)11-7-6-10-17-45-32-12-8-9-13-38(32)61(56,57)50-41(43)55/h8-9,12-15,19,21,24-26,29,31,36,45H,6-7,10-11,16-18,20,22-23H2,1-5H3,(H,44,52)(H,46,48)(H,49,54)(H,50,55)/t26?,29-,31?,36+,43-/m1/s1. The molecule has 3 aliphatic rings. The summed E-state index contributed by atoms with van der Waals surface area (Å²) in [7, 11) is -2.77. The van der Waals surface area contributed by atoms with Crippen LogP contribution in [0.2, 0.25) is 0 Å². The Morgan fingerprint density at radius 1 is 1.07 bits per heavy atom. The van der Waals surface area contributed by atoms with Crippen LogP contribution in [0.4, 0.5) is 10.8 Å². The normalized spacial score (nSPS) is 23.7. The van der Waals surface area contributed by atoms with E-state index in [2.05, 4.69) is 26.0 Å². The predicted octanol–water partition coefficient (Wildman–Crippen LogP) is 5.06. The van der Waals surface area contributed by atoms with Gasteiger partial charge >= 0.3 is 0 Å². The minimum absolute atomic E-state index is 0.00488. The predicted molar refractivity (Wildman–Crippen MR) is 233 cm³/mol. The number of likely N-dealkylation sites (tertiary alicyclic amines) is 1. The fourth-order valence-corrected chi connectivity index (χ4v) is 10.4. The van der Waals surface area contributed by atoms with Gasteiger partial charge < -0.3 is 35.6 Å². The lowest BCUT2D eigenvalue weighted by molar-refractivity contribution is -0.139. The minimum Gasteiger partial charge on any atom is -0.497 e. The first-order chi connectivity index (χ1) is 29.2. The van der Waals surface area contributed by atoms with Crippen molar-refractivity contribution in [2.45, 2.75) is 101 Å². The number of sulfonamides is 1. The summed E-state index contributed by atoms with van der Waals surface area (Å²) in [6.45, 7) is 8.11. The molecule has 4 amide bonds. The molecule has 2 unspecified atom stereocenters. The Labute approximate surface area is 360 Å². The number of thiazole rings is 1. The number of hydrogen-bond donors (Lipinski definition) is 5. The molecule has 61 heavy (non-hydrogen) atoms. The van der Waals surface area contributed by atoms with Crippen LogP contribution in [-0.4, -0.2) is 97.4 Å². The Bertz CT molecular complexity index is 2410. The van der Waals surface area contributed by atoms with Gasteiger partial charge in [0.1, 0.15) is 39.8 Å². The summed E-state index contributed by atoms with van der Waals surface area (Å²) >= 11 is 1.46. The third-order valence-electron chi connectivity index (χ3n) is 11.6. The molecule has 5 atom stereocenters. The zero-order valence-corrected chi connectivity index (χ0v) is 36.7. The number of para-hydroxylation sites is 1. The van der Waals surface area contributed by atoms with Crippen LogP contribution in [0.5, 0.6) is 11.5 Å². The number of pyridine rings is 1. The molecule has 4 aromatic rings. The van der Waals surface area contributed by atoms with Gasteiger partial charge in [0.25, 0.3) is 15.9 Å². The van der Waals surface area contributed by atoms with Crippen LogP contribution in [0.3, 0.4) is 0 Å². The lowest BCUT2D eigenvalue weighted by Crippen LogP contribution is -2.56. The molecule has 0 bridgehead atoms. The van der Waals surface area contributed by atoms with E-state index in [1.807, 2.05) is 32.2 Å². The zero-order valence-electron chi connectivity index (χ0n) is 35.1. The van der Waals surface area contributed by atoms with Gasteiger partial charge in [-0.1, -0.05) is 38.3 Å². The van der Waals surface area contributed by atoms with Crippen molar-refractivity contribution in [2.75, 3.05) is 37.4 Å². The largest absolute Gasteiger partial charge is 0.497 e. The molecule has 1 saturated heterocycles. The van der Waals surface area contributed by atoms with Gasteiger partial charge in [0.15, 0.2) is 5.13 Å². The second-order valence-corrected chi connectivity index (χ2v) is 19.0. The SMILES string of the molecule is COc1ccc2c(O[C@@H]3C[C@@H](C(=O)N[C@]45CC4C(C)CCCCCNc4ccccc4S(=O)(=O)NC5=O)N(C(=O)CCNC(C)=O)C3)cc(-c3csc(NC(C)C)n3)nc2c1. The molecule has 2 aromatic carbocycles. The molecule has 1 aliphatic carbocycles. The number of hydrogen-bond acceptors (Lipinski definition) is 13. The van der Waals surface area contributed by atoms with Crippen molar-refractivity contribution in [1.82, 2.24) is 30.2 Å². The number of aromatic nitrogens is 2. The van der Waals surface area contributed by atoms with E-state index >= 15 is 0 Å². The summed E-state index contributed by atoms with van der Waals surface area (Å²) < 4.78 is 42.1. The molecule has 16 nitrogen and oxygen atoms in total. The number of carbonyl (C=O) groups is 4. The number of ether oxygens (including phenoxy) is 2. The monoisotopic (exact) mass is 874 g/mol. The number of anilines is 2. The second-order valence-electron chi connectivity index (χ2n) is 16.5. The highest BCUT2D eigenvalue weighted by atomic mass is 32.2. The van der Waals surface area contributed by atoms with E-state index in [1.165, 1.54) is 29.2 Å². The number of nitrogens with zero attached hydrogens (tertiary/aromatic N) is 3. The van der Waals surface area contributed by atoms with Crippen molar-refractivity contribution in [1.29, 1.82) is 0 Å². The Kier molecular flexibility index (Phi) is 13.0. The Morgan fingerprint density at radius 2 is 1.87 bits per heavy atom. The molecular weight excluding hydrogens is 821 g/mol. The smallest absolute Gasteiger partial charge is 0.266 e. The number of rotatable bonds is 11. The summed E-state index contributed by atoms with van der Waals surface area (Å²) in [4.78, 5) is 65.5. The fraction of sp³-hybridized carbons (Fsp3) is 0.488. The number of fused-ring (bicyclic) bond motifs is 3. The Hall–Kier alpha value is -5.49. The highest BCUT2D eigenvalue weighted by Gasteiger charge is 2.64. The number of carbonyl (C=O) groups excluding carboxylic acids is 4. The first kappa shape index (κ1) is 43.6. The van der Waals surface area contributed by atoms with Gasteiger partial charge in [-0.2, -0.15) is 0 Å². The van der Waals surface area contributed by atoms with E-state index in [0.29, 0.717) is 46.0 Å². The molecule has 0 radical (unpaired) electrons. The Morgan fingerprint density at radius 3 is 2.64 bits per heavy atom. The minimum atomic E-state index is -4.34. The van der Waals surface area contributed by atoms with Gasteiger partial charge in [-0.15, -0.1) is 11.3 Å². The van der Waals surface area contributed by atoms with Crippen molar-refractivity contribution in [2.24, 2.45) is 11.8 Å². The van der Waals surface area contributed by atoms with Crippen molar-refractivity contribution in [3.8, 4) is 22.9 Å². The lowest BCUT2D eigenvalue weighted by Gasteiger charge is -2.27. The zero-order chi connectivity index (χ0) is 43.5. The topological polar surface area (TPSA) is 210 Å². The van der Waals surface area contributed by atoms with E-state index in [1.54, 1.807) is 43.5 Å². The van der Waals surface area contributed by atoms with Crippen LogP contribution in [0.15, 0.2) is 58.8 Å². The maximum absolute atomic E-state index is 14.6. The van der Waals surface area contributed by atoms with Gasteiger partial charge in [-0.25, -0.2) is 23.1 Å². The number of amides is 4. The first-order valence-corrected chi connectivity index (χ1v) is 23.2. The van der Waals surface area contributed by atoms with Crippen LogP contribution in [0.25, 0.3) is 22.3 Å². The first-order valence-electron chi connectivity index (χ1n) is 20.8. The molecule has 7 rings (SSSR count). The molecule has 2 aliphatic heterocycles. The summed E-state index contributed by atoms with van der Waals surface area (Å²) in [5.74, 6) is -1.38. The molecule has 1 saturated carbocycles. The van der Waals surface area contributed by atoms with Crippen molar-refractivity contribution in [3.05, 3.63) is 53.9 Å². The summed E-state index contributed by atoms with van der Waals surface area (Å²) in [5.41, 5.74) is 0.649. The average Bonchev–Trinajstić information content (AvgIpc) is 3.51. The maximum atomic E-state index is 14.6. The summed E-state index contributed by atoms with van der Waals surface area (Å²) in [6.07, 6.45) is 2.99. The molecular formula is C43H54N8O8S2. The maximum Gasteiger partial charge on any atom is 0.266 e. The van der Waals surface area contributed by atoms with Crippen LogP contribution in [-0.2, 0) is 29.2 Å². The molecule has 5 N–H and O–H groups in total. The van der Waals surface area contributed by atoms with E-state index in [-0.39, 0.29) is 61.0 Å². The van der Waals surface area contributed by atoms with Gasteiger partial charge in [0, 0.05) is 61.8 Å². The average molecular weight is 875 g/mol. The van der Waals surface area contributed by atoms with Gasteiger partial charge in [0.05, 0.1) is 30.6 Å². The number of methoxy groups -OCH3 is 1. The molecule has 0 spiro atoms. The van der Waals surface area contributed by atoms with Crippen molar-refractivity contribution in [3.63, 3.8) is 0 Å². The third kappa shape index (κ3) is 9.85. The molecule has 4 heterocycles. The number of benzene rings is 2. The summed E-state index contributed by atoms with van der Waals surface area (Å²) in [5, 5.41) is 15.5. The molecule has 2 fully saturated rings. The Balaban J connectivity index is 1.18. The quantitative estimate of drug-likeness (QED) is 0.134. The van der Waals surface area contributed by atoms with E-state index in [4.69, 9.17) is 19.4 Å². The van der Waals surface area contributed by atoms with Gasteiger partial charge in [-0.05, 0) is 62.8 Å². The van der Waals surface area contributed by atoms with Gasteiger partial charge in [0.2, 0.25) is 17.7 Å². The second kappa shape index (κ2) is 18.2. The van der Waals surface area contributed by atoms with Crippen LogP contribution >= 0.6 is 11.3 Å². The van der Waals surface area contributed by atoms with Crippen LogP contribution in [0, 0.1) is 11.8 Å². The van der Waals surface area contributed by atoms with Crippen molar-refractivity contribution < 1.29 is 37.1 Å². The number of nitrogens with one attached hydrogen (secondary N) is 5. The lowest BCUT2D eigenvalue weighted by atomic mass is 9.94. The van der Waals surface area contributed by atoms with Crippen molar-refractivity contribution >= 4 is 66.7 Å². The highest BCUT2D eigenvalue weighted by Crippen LogP contribution is 2.51. The van der Waals surface area contributed by atoms with E-state index in [0.717, 1.165) is 30.8 Å². The van der Waals surface area contributed by atoms with E-state index in [9.17, 15) is 27.6 Å². The molecule has 326 valence electrons. The van der Waals surface area contributed by atoms with Crippen LogP contribution < -0.4 is 35.5 Å². The third-order valence-corrected chi connectivity index (χ3v) is 13.7. The summed E-state index contributed by atoms with van der Waals surface area (Å²) in [6, 6.07) is 12.8. The molecule has 18 heteroatoms. The van der Waals surface area contributed by atoms with E-state index < -0.39 is 45.4 Å².